The minimum Gasteiger partial charge on any atom is -0.393 e. The van der Waals surface area contributed by atoms with Crippen LogP contribution in [0.25, 0.3) is 0 Å². The number of thiocarbonyl (C=S) groups is 1. The number of benzene rings is 1. The first-order chi connectivity index (χ1) is 7.59. The number of halogens is 1. The van der Waals surface area contributed by atoms with Crippen molar-refractivity contribution < 1.29 is 0 Å². The maximum Gasteiger partial charge on any atom is 0.0727 e. The van der Waals surface area contributed by atoms with Gasteiger partial charge in [-0.2, -0.15) is 0 Å². The van der Waals surface area contributed by atoms with Crippen LogP contribution in [0.3, 0.4) is 0 Å². The molecule has 4 heteroatoms. The van der Waals surface area contributed by atoms with Gasteiger partial charge < -0.3 is 10.6 Å². The molecule has 0 amide bonds. The molecule has 0 aliphatic rings. The second kappa shape index (κ2) is 6.84. The van der Waals surface area contributed by atoms with Crippen molar-refractivity contribution in [1.82, 2.24) is 4.90 Å². The number of nitrogens with two attached hydrogens (primary N) is 1. The molecule has 0 aromatic heterocycles. The topological polar surface area (TPSA) is 29.3 Å². The second-order valence-corrected chi connectivity index (χ2v) is 4.83. The predicted octanol–water partition coefficient (Wildman–Crippen LogP) is 2.84. The molecule has 0 saturated heterocycles. The van der Waals surface area contributed by atoms with Gasteiger partial charge in [-0.3, -0.25) is 0 Å². The second-order valence-electron chi connectivity index (χ2n) is 3.90. The molecule has 0 bridgehead atoms. The molecule has 1 aromatic rings. The van der Waals surface area contributed by atoms with E-state index in [0.717, 1.165) is 36.5 Å². The summed E-state index contributed by atoms with van der Waals surface area (Å²) in [7, 11) is 2.07. The van der Waals surface area contributed by atoms with Gasteiger partial charge in [0.25, 0.3) is 0 Å². The smallest absolute Gasteiger partial charge is 0.0727 e. The van der Waals surface area contributed by atoms with E-state index in [-0.39, 0.29) is 0 Å². The Balaban J connectivity index is 2.37. The lowest BCUT2D eigenvalue weighted by atomic mass is 10.2. The molecule has 2 nitrogen and oxygen atoms in total. The van der Waals surface area contributed by atoms with Crippen molar-refractivity contribution in [3.05, 3.63) is 34.9 Å². The Morgan fingerprint density at radius 1 is 1.44 bits per heavy atom. The highest BCUT2D eigenvalue weighted by atomic mass is 35.5. The van der Waals surface area contributed by atoms with Crippen LogP contribution in [0, 0.1) is 0 Å². The Morgan fingerprint density at radius 2 is 2.12 bits per heavy atom. The third-order valence-corrected chi connectivity index (χ3v) is 2.93. The van der Waals surface area contributed by atoms with E-state index in [2.05, 4.69) is 11.9 Å². The lowest BCUT2D eigenvalue weighted by Gasteiger charge is -2.17. The number of rotatable bonds is 6. The Kier molecular flexibility index (Phi) is 5.74. The molecule has 2 N–H and O–H groups in total. The first-order valence-corrected chi connectivity index (χ1v) is 6.08. The summed E-state index contributed by atoms with van der Waals surface area (Å²) >= 11 is 10.9. The van der Waals surface area contributed by atoms with E-state index in [0.29, 0.717) is 4.99 Å². The van der Waals surface area contributed by atoms with Crippen molar-refractivity contribution in [2.45, 2.75) is 19.4 Å². The summed E-state index contributed by atoms with van der Waals surface area (Å²) in [6.07, 6.45) is 1.80. The van der Waals surface area contributed by atoms with Gasteiger partial charge in [0.15, 0.2) is 0 Å². The van der Waals surface area contributed by atoms with Gasteiger partial charge in [0.05, 0.1) is 4.99 Å². The van der Waals surface area contributed by atoms with Crippen LogP contribution < -0.4 is 5.73 Å². The van der Waals surface area contributed by atoms with Gasteiger partial charge >= 0.3 is 0 Å². The fourth-order valence-corrected chi connectivity index (χ4v) is 1.86. The van der Waals surface area contributed by atoms with Crippen LogP contribution in [0.1, 0.15) is 18.4 Å². The standard InChI is InChI=1S/C12H17ClN2S/c1-15(8-4-7-12(14)16)9-10-5-2-3-6-11(10)13/h2-3,5-6H,4,7-9H2,1H3,(H2,14,16). The summed E-state index contributed by atoms with van der Waals surface area (Å²) in [4.78, 5) is 2.81. The van der Waals surface area contributed by atoms with E-state index < -0.39 is 0 Å². The predicted molar refractivity (Wildman–Crippen MR) is 73.8 cm³/mol. The highest BCUT2D eigenvalue weighted by Gasteiger charge is 2.03. The van der Waals surface area contributed by atoms with Gasteiger partial charge in [0.2, 0.25) is 0 Å². The largest absolute Gasteiger partial charge is 0.393 e. The molecule has 0 spiro atoms. The molecule has 0 atom stereocenters. The molecule has 0 heterocycles. The van der Waals surface area contributed by atoms with Gasteiger partial charge in [-0.1, -0.05) is 42.0 Å². The van der Waals surface area contributed by atoms with Crippen LogP contribution in [0.15, 0.2) is 24.3 Å². The van der Waals surface area contributed by atoms with Crippen molar-refractivity contribution >= 4 is 28.8 Å². The molecule has 88 valence electrons. The van der Waals surface area contributed by atoms with Crippen LogP contribution in [0.4, 0.5) is 0 Å². The van der Waals surface area contributed by atoms with Crippen LogP contribution >= 0.6 is 23.8 Å². The molecule has 0 saturated carbocycles. The molecular formula is C12H17ClN2S. The Morgan fingerprint density at radius 3 is 2.75 bits per heavy atom. The monoisotopic (exact) mass is 256 g/mol. The van der Waals surface area contributed by atoms with Crippen LogP contribution in [-0.4, -0.2) is 23.5 Å². The number of hydrogen-bond acceptors (Lipinski definition) is 2. The van der Waals surface area contributed by atoms with Gasteiger partial charge in [-0.25, -0.2) is 0 Å². The Bertz CT molecular complexity index is 355. The van der Waals surface area contributed by atoms with E-state index in [1.807, 2.05) is 24.3 Å². The van der Waals surface area contributed by atoms with Gasteiger partial charge in [0.1, 0.15) is 0 Å². The van der Waals surface area contributed by atoms with Crippen molar-refractivity contribution in [2.24, 2.45) is 5.73 Å². The maximum atomic E-state index is 6.09. The minimum absolute atomic E-state index is 0.589. The van der Waals surface area contributed by atoms with Crippen molar-refractivity contribution in [1.29, 1.82) is 0 Å². The summed E-state index contributed by atoms with van der Waals surface area (Å²) in [5.41, 5.74) is 6.60. The molecule has 1 aromatic carbocycles. The third kappa shape index (κ3) is 4.92. The van der Waals surface area contributed by atoms with Gasteiger partial charge in [-0.15, -0.1) is 0 Å². The third-order valence-electron chi connectivity index (χ3n) is 2.36. The summed E-state index contributed by atoms with van der Waals surface area (Å²) in [6.45, 7) is 1.83. The normalized spacial score (nSPS) is 10.7. The molecule has 1 rings (SSSR count). The maximum absolute atomic E-state index is 6.09. The average Bonchev–Trinajstić information content (AvgIpc) is 2.21. The van der Waals surface area contributed by atoms with E-state index in [9.17, 15) is 0 Å². The van der Waals surface area contributed by atoms with Crippen molar-refractivity contribution in [2.75, 3.05) is 13.6 Å². The zero-order valence-electron chi connectivity index (χ0n) is 9.45. The van der Waals surface area contributed by atoms with E-state index in [1.54, 1.807) is 0 Å². The Hall–Kier alpha value is -0.640. The van der Waals surface area contributed by atoms with E-state index in [1.165, 1.54) is 0 Å². The van der Waals surface area contributed by atoms with Crippen LogP contribution in [0.5, 0.6) is 0 Å². The summed E-state index contributed by atoms with van der Waals surface area (Å²) in [5, 5.41) is 0.823. The summed E-state index contributed by atoms with van der Waals surface area (Å²) in [5.74, 6) is 0. The highest BCUT2D eigenvalue weighted by Crippen LogP contribution is 2.16. The van der Waals surface area contributed by atoms with Crippen molar-refractivity contribution in [3.63, 3.8) is 0 Å². The first-order valence-electron chi connectivity index (χ1n) is 5.30. The fourth-order valence-electron chi connectivity index (χ4n) is 1.52. The highest BCUT2D eigenvalue weighted by molar-refractivity contribution is 7.80. The summed E-state index contributed by atoms with van der Waals surface area (Å²) in [6, 6.07) is 7.91. The number of nitrogens with zero attached hydrogens (tertiary/aromatic N) is 1. The van der Waals surface area contributed by atoms with Gasteiger partial charge in [0, 0.05) is 11.6 Å². The average molecular weight is 257 g/mol. The fraction of sp³-hybridized carbons (Fsp3) is 0.417. The minimum atomic E-state index is 0.589. The quantitative estimate of drug-likeness (QED) is 0.794. The van der Waals surface area contributed by atoms with Crippen molar-refractivity contribution in [3.8, 4) is 0 Å². The molecular weight excluding hydrogens is 240 g/mol. The molecule has 0 unspecified atom stereocenters. The molecule has 0 radical (unpaired) electrons. The van der Waals surface area contributed by atoms with Crippen LogP contribution in [0.2, 0.25) is 5.02 Å². The zero-order valence-corrected chi connectivity index (χ0v) is 11.0. The molecule has 0 fully saturated rings. The summed E-state index contributed by atoms with van der Waals surface area (Å²) < 4.78 is 0. The zero-order chi connectivity index (χ0) is 12.0. The van der Waals surface area contributed by atoms with Gasteiger partial charge in [-0.05, 0) is 38.1 Å². The SMILES string of the molecule is CN(CCCC(N)=S)Cc1ccccc1Cl. The van der Waals surface area contributed by atoms with E-state index >= 15 is 0 Å². The molecule has 16 heavy (non-hydrogen) atoms. The Labute approximate surface area is 107 Å². The lowest BCUT2D eigenvalue weighted by molar-refractivity contribution is 0.324. The molecule has 0 aliphatic carbocycles. The first kappa shape index (κ1) is 13.4. The molecule has 0 aliphatic heterocycles. The van der Waals surface area contributed by atoms with Crippen LogP contribution in [-0.2, 0) is 6.54 Å². The lowest BCUT2D eigenvalue weighted by Crippen LogP contribution is -2.20. The van der Waals surface area contributed by atoms with E-state index in [4.69, 9.17) is 29.6 Å². The number of hydrogen-bond donors (Lipinski definition) is 1.